The van der Waals surface area contributed by atoms with Crippen molar-refractivity contribution in [2.75, 3.05) is 13.2 Å². The molecule has 1 fully saturated rings. The summed E-state index contributed by atoms with van der Waals surface area (Å²) in [4.78, 5) is 23.8. The van der Waals surface area contributed by atoms with Crippen molar-refractivity contribution in [3.63, 3.8) is 0 Å². The fourth-order valence-corrected chi connectivity index (χ4v) is 5.15. The van der Waals surface area contributed by atoms with Crippen molar-refractivity contribution in [3.8, 4) is 22.3 Å². The fourth-order valence-electron chi connectivity index (χ4n) is 5.15. The van der Waals surface area contributed by atoms with Crippen molar-refractivity contribution in [1.82, 2.24) is 0 Å². The average Bonchev–Trinajstić information content (AvgIpc) is 2.88. The SMILES string of the molecule is O=C(O)c1ccccc1-c1ccccc1CC1(Cc2ccccc2-c2ccccc2C(=O)O)COC1. The van der Waals surface area contributed by atoms with Gasteiger partial charge in [0.05, 0.1) is 24.3 Å². The molecule has 0 bridgehead atoms. The summed E-state index contributed by atoms with van der Waals surface area (Å²) in [6.07, 6.45) is 1.43. The third kappa shape index (κ3) is 4.53. The Labute approximate surface area is 209 Å². The third-order valence-corrected chi connectivity index (χ3v) is 6.88. The van der Waals surface area contributed by atoms with Crippen LogP contribution in [0.25, 0.3) is 22.3 Å². The summed E-state index contributed by atoms with van der Waals surface area (Å²) in [7, 11) is 0. The molecule has 0 amide bonds. The topological polar surface area (TPSA) is 83.8 Å². The number of hydrogen-bond donors (Lipinski definition) is 2. The summed E-state index contributed by atoms with van der Waals surface area (Å²) < 4.78 is 5.71. The van der Waals surface area contributed by atoms with Gasteiger partial charge < -0.3 is 14.9 Å². The van der Waals surface area contributed by atoms with Gasteiger partial charge in [-0.05, 0) is 58.4 Å². The van der Waals surface area contributed by atoms with Crippen molar-refractivity contribution in [3.05, 3.63) is 119 Å². The maximum absolute atomic E-state index is 11.9. The number of aromatic carboxylic acids is 2. The molecule has 36 heavy (non-hydrogen) atoms. The molecule has 0 unspecified atom stereocenters. The maximum atomic E-state index is 11.9. The molecule has 1 saturated heterocycles. The van der Waals surface area contributed by atoms with Crippen molar-refractivity contribution in [2.45, 2.75) is 12.8 Å². The van der Waals surface area contributed by atoms with Crippen LogP contribution in [0.3, 0.4) is 0 Å². The van der Waals surface area contributed by atoms with Gasteiger partial charge in [-0.1, -0.05) is 84.9 Å². The second-order valence-corrected chi connectivity index (χ2v) is 9.36. The summed E-state index contributed by atoms with van der Waals surface area (Å²) in [6.45, 7) is 1.16. The van der Waals surface area contributed by atoms with Crippen LogP contribution < -0.4 is 0 Å². The van der Waals surface area contributed by atoms with Crippen LogP contribution in [0.1, 0.15) is 31.8 Å². The summed E-state index contributed by atoms with van der Waals surface area (Å²) in [5.74, 6) is -1.90. The molecule has 5 heteroatoms. The molecule has 2 N–H and O–H groups in total. The zero-order valence-electron chi connectivity index (χ0n) is 19.7. The van der Waals surface area contributed by atoms with Crippen LogP contribution in [0.15, 0.2) is 97.1 Å². The van der Waals surface area contributed by atoms with Gasteiger partial charge in [0.15, 0.2) is 0 Å². The zero-order chi connectivity index (χ0) is 25.1. The largest absolute Gasteiger partial charge is 0.478 e. The number of carbonyl (C=O) groups is 2. The van der Waals surface area contributed by atoms with Crippen LogP contribution in [0.4, 0.5) is 0 Å². The van der Waals surface area contributed by atoms with E-state index in [4.69, 9.17) is 4.74 Å². The number of carboxylic acid groups (broad SMARTS) is 2. The van der Waals surface area contributed by atoms with Crippen molar-refractivity contribution in [2.24, 2.45) is 5.41 Å². The third-order valence-electron chi connectivity index (χ3n) is 6.88. The smallest absolute Gasteiger partial charge is 0.336 e. The van der Waals surface area contributed by atoms with Crippen molar-refractivity contribution >= 4 is 11.9 Å². The van der Waals surface area contributed by atoms with Crippen LogP contribution >= 0.6 is 0 Å². The molecule has 4 aromatic carbocycles. The van der Waals surface area contributed by atoms with Crippen LogP contribution in [-0.2, 0) is 17.6 Å². The van der Waals surface area contributed by atoms with E-state index in [9.17, 15) is 19.8 Å². The summed E-state index contributed by atoms with van der Waals surface area (Å²) in [6, 6.07) is 30.0. The second-order valence-electron chi connectivity index (χ2n) is 9.36. The number of carboxylic acids is 2. The lowest BCUT2D eigenvalue weighted by atomic mass is 9.72. The summed E-state index contributed by atoms with van der Waals surface area (Å²) in [5.41, 5.74) is 5.73. The van der Waals surface area contributed by atoms with E-state index in [1.807, 2.05) is 60.7 Å². The summed E-state index contributed by atoms with van der Waals surface area (Å²) in [5, 5.41) is 19.5. The lowest BCUT2D eigenvalue weighted by Gasteiger charge is -2.42. The molecule has 0 atom stereocenters. The predicted octanol–water partition coefficient (Wildman–Crippen LogP) is 6.22. The summed E-state index contributed by atoms with van der Waals surface area (Å²) >= 11 is 0. The van der Waals surface area contributed by atoms with E-state index in [1.54, 1.807) is 24.3 Å². The van der Waals surface area contributed by atoms with E-state index in [0.717, 1.165) is 22.3 Å². The van der Waals surface area contributed by atoms with Gasteiger partial charge in [0.2, 0.25) is 0 Å². The average molecular weight is 479 g/mol. The molecule has 0 radical (unpaired) electrons. The quantitative estimate of drug-likeness (QED) is 0.314. The normalized spacial score (nSPS) is 14.1. The standard InChI is InChI=1S/C31H26O5/c32-29(33)27-15-7-5-13-25(27)23-11-3-1-9-21(23)17-31(19-36-20-31)18-22-10-2-4-12-24(22)26-14-6-8-16-28(26)30(34)35/h1-16H,17-20H2,(H,32,33)(H,34,35). The Morgan fingerprint density at radius 3 is 1.31 bits per heavy atom. The number of ether oxygens (including phenoxy) is 1. The number of rotatable bonds is 8. The van der Waals surface area contributed by atoms with Gasteiger partial charge in [0.1, 0.15) is 0 Å². The molecule has 5 rings (SSSR count). The van der Waals surface area contributed by atoms with Gasteiger partial charge in [-0.3, -0.25) is 0 Å². The van der Waals surface area contributed by atoms with Gasteiger partial charge in [-0.25, -0.2) is 9.59 Å². The Kier molecular flexibility index (Phi) is 6.40. The molecule has 1 aliphatic heterocycles. The highest BCUT2D eigenvalue weighted by atomic mass is 16.5. The van der Waals surface area contributed by atoms with Crippen LogP contribution in [-0.4, -0.2) is 35.4 Å². The van der Waals surface area contributed by atoms with E-state index >= 15 is 0 Å². The Morgan fingerprint density at radius 2 is 0.944 bits per heavy atom. The first-order valence-corrected chi connectivity index (χ1v) is 11.9. The Bertz CT molecular complexity index is 1330. The molecule has 0 aromatic heterocycles. The monoisotopic (exact) mass is 478 g/mol. The highest BCUT2D eigenvalue weighted by Crippen LogP contribution is 2.41. The molecule has 5 nitrogen and oxygen atoms in total. The van der Waals surface area contributed by atoms with Gasteiger partial charge in [0, 0.05) is 5.41 Å². The van der Waals surface area contributed by atoms with E-state index in [0.29, 0.717) is 37.2 Å². The van der Waals surface area contributed by atoms with Crippen LogP contribution in [0.2, 0.25) is 0 Å². The highest BCUT2D eigenvalue weighted by molar-refractivity contribution is 5.97. The zero-order valence-corrected chi connectivity index (χ0v) is 19.7. The highest BCUT2D eigenvalue weighted by Gasteiger charge is 2.40. The minimum Gasteiger partial charge on any atom is -0.478 e. The minimum atomic E-state index is -0.951. The van der Waals surface area contributed by atoms with Crippen molar-refractivity contribution < 1.29 is 24.5 Å². The van der Waals surface area contributed by atoms with E-state index in [-0.39, 0.29) is 16.5 Å². The molecule has 1 aliphatic rings. The maximum Gasteiger partial charge on any atom is 0.336 e. The Morgan fingerprint density at radius 1 is 0.583 bits per heavy atom. The predicted molar refractivity (Wildman–Crippen MR) is 138 cm³/mol. The molecule has 1 heterocycles. The van der Waals surface area contributed by atoms with Gasteiger partial charge in [0.25, 0.3) is 0 Å². The van der Waals surface area contributed by atoms with Crippen molar-refractivity contribution in [1.29, 1.82) is 0 Å². The molecule has 0 aliphatic carbocycles. The van der Waals surface area contributed by atoms with Gasteiger partial charge in [-0.15, -0.1) is 0 Å². The lowest BCUT2D eigenvalue weighted by Crippen LogP contribution is -2.46. The number of hydrogen-bond acceptors (Lipinski definition) is 3. The Balaban J connectivity index is 1.52. The molecular weight excluding hydrogens is 452 g/mol. The molecular formula is C31H26O5. The van der Waals surface area contributed by atoms with Gasteiger partial charge >= 0.3 is 11.9 Å². The first kappa shape index (κ1) is 23.5. The second kappa shape index (κ2) is 9.80. The van der Waals surface area contributed by atoms with Crippen LogP contribution in [0, 0.1) is 5.41 Å². The number of benzene rings is 4. The van der Waals surface area contributed by atoms with E-state index in [2.05, 4.69) is 12.1 Å². The first-order valence-electron chi connectivity index (χ1n) is 11.9. The van der Waals surface area contributed by atoms with E-state index in [1.165, 1.54) is 0 Å². The lowest BCUT2D eigenvalue weighted by molar-refractivity contribution is -0.112. The van der Waals surface area contributed by atoms with Gasteiger partial charge in [-0.2, -0.15) is 0 Å². The fraction of sp³-hybridized carbons (Fsp3) is 0.161. The molecule has 0 spiro atoms. The molecule has 0 saturated carbocycles. The molecule has 4 aromatic rings. The Hall–Kier alpha value is -4.22. The van der Waals surface area contributed by atoms with E-state index < -0.39 is 11.9 Å². The molecule has 180 valence electrons. The minimum absolute atomic E-state index is 0.178. The first-order chi connectivity index (χ1) is 17.5. The van der Waals surface area contributed by atoms with Crippen LogP contribution in [0.5, 0.6) is 0 Å².